The summed E-state index contributed by atoms with van der Waals surface area (Å²) in [5.74, 6) is 0.987. The molecule has 1 fully saturated rings. The minimum atomic E-state index is -2.44. The molecule has 2 aromatic carbocycles. The zero-order valence-electron chi connectivity index (χ0n) is 21.1. The highest BCUT2D eigenvalue weighted by Crippen LogP contribution is 2.35. The number of benzene rings is 2. The molecule has 1 atom stereocenters. The summed E-state index contributed by atoms with van der Waals surface area (Å²) in [6.45, 7) is 2.30. The molecule has 0 radical (unpaired) electrons. The van der Waals surface area contributed by atoms with E-state index in [2.05, 4.69) is 19.6 Å². The highest BCUT2D eigenvalue weighted by molar-refractivity contribution is 7.93. The van der Waals surface area contributed by atoms with Crippen LogP contribution in [0.25, 0.3) is 10.9 Å². The van der Waals surface area contributed by atoms with Gasteiger partial charge in [0.05, 0.1) is 51.2 Å². The second-order valence-corrected chi connectivity index (χ2v) is 11.7. The Hall–Kier alpha value is -2.82. The number of nitrogens with zero attached hydrogens (tertiary/aromatic N) is 3. The normalized spacial score (nSPS) is 19.6. The van der Waals surface area contributed by atoms with Gasteiger partial charge >= 0.3 is 0 Å². The molecular weight excluding hydrogens is 483 g/mol. The number of halogens is 1. The fourth-order valence-electron chi connectivity index (χ4n) is 4.42. The van der Waals surface area contributed by atoms with Crippen LogP contribution >= 0.6 is 0 Å². The Morgan fingerprint density at radius 2 is 1.86 bits per heavy atom. The van der Waals surface area contributed by atoms with E-state index < -0.39 is 9.73 Å². The predicted octanol–water partition coefficient (Wildman–Crippen LogP) is 5.53. The van der Waals surface area contributed by atoms with Crippen LogP contribution in [0.2, 0.25) is 0 Å². The van der Waals surface area contributed by atoms with Crippen molar-refractivity contribution in [1.82, 2.24) is 9.97 Å². The van der Waals surface area contributed by atoms with Crippen LogP contribution in [0.3, 0.4) is 0 Å². The molecular formula is C26H33FN4O4S. The number of aryl methyl sites for hydroxylation is 1. The fraction of sp³-hybridized carbons (Fsp3) is 0.462. The third-order valence-electron chi connectivity index (χ3n) is 6.33. The first-order valence-electron chi connectivity index (χ1n) is 12.0. The maximum absolute atomic E-state index is 14.1. The van der Waals surface area contributed by atoms with Crippen LogP contribution in [0, 0.1) is 12.7 Å². The summed E-state index contributed by atoms with van der Waals surface area (Å²) in [6, 6.07) is 8.10. The largest absolute Gasteiger partial charge is 0.488 e. The van der Waals surface area contributed by atoms with E-state index in [0.29, 0.717) is 40.8 Å². The molecule has 1 aliphatic rings. The minimum Gasteiger partial charge on any atom is -0.488 e. The zero-order chi connectivity index (χ0) is 25.7. The second kappa shape index (κ2) is 11.5. The van der Waals surface area contributed by atoms with E-state index in [1.807, 2.05) is 13.0 Å². The molecule has 1 unspecified atom stereocenters. The summed E-state index contributed by atoms with van der Waals surface area (Å²) in [5.41, 5.74) is 2.75. The number of anilines is 2. The average molecular weight is 517 g/mol. The van der Waals surface area contributed by atoms with E-state index in [1.54, 1.807) is 32.6 Å². The molecule has 0 bridgehead atoms. The van der Waals surface area contributed by atoms with Gasteiger partial charge in [0.1, 0.15) is 23.7 Å². The Bertz CT molecular complexity index is 1340. The fourth-order valence-corrected chi connectivity index (χ4v) is 5.54. The van der Waals surface area contributed by atoms with Crippen molar-refractivity contribution in [2.24, 2.45) is 4.36 Å². The highest BCUT2D eigenvalue weighted by atomic mass is 32.2. The Kier molecular flexibility index (Phi) is 8.38. The highest BCUT2D eigenvalue weighted by Gasteiger charge is 2.23. The third-order valence-corrected chi connectivity index (χ3v) is 7.85. The molecule has 1 heterocycles. The Morgan fingerprint density at radius 1 is 1.11 bits per heavy atom. The van der Waals surface area contributed by atoms with Gasteiger partial charge in [-0.1, -0.05) is 0 Å². The van der Waals surface area contributed by atoms with Crippen molar-refractivity contribution in [3.63, 3.8) is 0 Å². The molecule has 194 valence electrons. The Balaban J connectivity index is 1.63. The summed E-state index contributed by atoms with van der Waals surface area (Å²) in [6.07, 6.45) is 6.85. The minimum absolute atomic E-state index is 0.00573. The van der Waals surface area contributed by atoms with Gasteiger partial charge < -0.3 is 19.5 Å². The van der Waals surface area contributed by atoms with Gasteiger partial charge in [-0.15, -0.1) is 0 Å². The molecule has 1 aromatic heterocycles. The van der Waals surface area contributed by atoms with Crippen molar-refractivity contribution in [2.75, 3.05) is 38.2 Å². The summed E-state index contributed by atoms with van der Waals surface area (Å²) in [5, 5.41) is 4.12. The van der Waals surface area contributed by atoms with Gasteiger partial charge in [-0.05, 0) is 62.4 Å². The van der Waals surface area contributed by atoms with Crippen molar-refractivity contribution in [3.05, 3.63) is 48.0 Å². The lowest BCUT2D eigenvalue weighted by Crippen LogP contribution is -2.27. The number of hydrogen-bond acceptors (Lipinski definition) is 8. The SMILES string of the molecule is COCCS(C)(=O)=Nc1cc(C)c2c(Nc3ccc(F)cc3O[C@H]3CC[C@H](OC)CC3)ncnc2c1. The summed E-state index contributed by atoms with van der Waals surface area (Å²) in [4.78, 5) is 8.86. The molecule has 1 saturated carbocycles. The molecule has 10 heteroatoms. The van der Waals surface area contributed by atoms with Crippen LogP contribution in [-0.4, -0.2) is 59.2 Å². The van der Waals surface area contributed by atoms with E-state index in [9.17, 15) is 8.60 Å². The summed E-state index contributed by atoms with van der Waals surface area (Å²) in [7, 11) is 0.865. The number of methoxy groups -OCH3 is 2. The first-order valence-corrected chi connectivity index (χ1v) is 14.1. The molecule has 8 nitrogen and oxygen atoms in total. The number of aromatic nitrogens is 2. The third kappa shape index (κ3) is 6.48. The lowest BCUT2D eigenvalue weighted by molar-refractivity contribution is 0.0329. The molecule has 0 amide bonds. The van der Waals surface area contributed by atoms with Crippen molar-refractivity contribution in [1.29, 1.82) is 0 Å². The monoisotopic (exact) mass is 516 g/mol. The van der Waals surface area contributed by atoms with Gasteiger partial charge in [-0.2, -0.15) is 4.36 Å². The smallest absolute Gasteiger partial charge is 0.146 e. The van der Waals surface area contributed by atoms with Gasteiger partial charge in [0.15, 0.2) is 0 Å². The standard InChI is InChI=1S/C26H33FN4O4S/c1-17-13-19(31-36(4,32)12-11-33-2)15-23-25(17)26(29-16-28-23)30-22-10-5-18(27)14-24(22)35-21-8-6-20(34-3)7-9-21/h5,10,13-16,20-21H,6-9,11-12H2,1-4H3,(H,28,29,30)/t20-,21-,36?. The Labute approximate surface area is 211 Å². The van der Waals surface area contributed by atoms with Gasteiger partial charge in [-0.3, -0.25) is 0 Å². The molecule has 36 heavy (non-hydrogen) atoms. The first kappa shape index (κ1) is 26.2. The average Bonchev–Trinajstić information content (AvgIpc) is 2.84. The Morgan fingerprint density at radius 3 is 2.58 bits per heavy atom. The summed E-state index contributed by atoms with van der Waals surface area (Å²) >= 11 is 0. The molecule has 1 aliphatic carbocycles. The molecule has 0 aliphatic heterocycles. The molecule has 0 saturated heterocycles. The van der Waals surface area contributed by atoms with Crippen LogP contribution in [0.4, 0.5) is 21.6 Å². The number of ether oxygens (including phenoxy) is 3. The maximum Gasteiger partial charge on any atom is 0.146 e. The lowest BCUT2D eigenvalue weighted by Gasteiger charge is -2.28. The zero-order valence-corrected chi connectivity index (χ0v) is 21.9. The van der Waals surface area contributed by atoms with Crippen molar-refractivity contribution >= 4 is 37.8 Å². The van der Waals surface area contributed by atoms with E-state index in [1.165, 1.54) is 18.5 Å². The number of rotatable bonds is 9. The van der Waals surface area contributed by atoms with Crippen molar-refractivity contribution in [2.45, 2.75) is 44.8 Å². The van der Waals surface area contributed by atoms with Gasteiger partial charge in [0, 0.05) is 31.9 Å². The molecule has 1 N–H and O–H groups in total. The number of nitrogens with one attached hydrogen (secondary N) is 1. The van der Waals surface area contributed by atoms with Crippen molar-refractivity contribution < 1.29 is 22.8 Å². The number of fused-ring (bicyclic) bond motifs is 1. The maximum atomic E-state index is 14.1. The predicted molar refractivity (Wildman–Crippen MR) is 141 cm³/mol. The van der Waals surface area contributed by atoms with E-state index in [-0.39, 0.29) is 18.0 Å². The lowest BCUT2D eigenvalue weighted by atomic mass is 9.95. The quantitative estimate of drug-likeness (QED) is 0.399. The van der Waals surface area contributed by atoms with Gasteiger partial charge in [0.2, 0.25) is 0 Å². The van der Waals surface area contributed by atoms with Crippen LogP contribution in [0.1, 0.15) is 31.2 Å². The van der Waals surface area contributed by atoms with Gasteiger partial charge in [0.25, 0.3) is 0 Å². The molecule has 0 spiro atoms. The molecule has 3 aromatic rings. The van der Waals surface area contributed by atoms with E-state index >= 15 is 0 Å². The van der Waals surface area contributed by atoms with Crippen molar-refractivity contribution in [3.8, 4) is 5.75 Å². The van der Waals surface area contributed by atoms with Crippen LogP contribution in [-0.2, 0) is 19.2 Å². The summed E-state index contributed by atoms with van der Waals surface area (Å²) < 4.78 is 48.1. The van der Waals surface area contributed by atoms with Crippen LogP contribution in [0.15, 0.2) is 41.0 Å². The van der Waals surface area contributed by atoms with E-state index in [0.717, 1.165) is 36.6 Å². The molecule has 4 rings (SSSR count). The van der Waals surface area contributed by atoms with Crippen LogP contribution in [0.5, 0.6) is 5.75 Å². The van der Waals surface area contributed by atoms with Crippen LogP contribution < -0.4 is 10.1 Å². The van der Waals surface area contributed by atoms with E-state index in [4.69, 9.17) is 14.2 Å². The first-order chi connectivity index (χ1) is 17.3. The number of hydrogen-bond donors (Lipinski definition) is 1. The van der Waals surface area contributed by atoms with Gasteiger partial charge in [-0.25, -0.2) is 18.6 Å². The second-order valence-electron chi connectivity index (χ2n) is 9.14. The topological polar surface area (TPSA) is 94.9 Å².